The minimum atomic E-state index is -1.11. The molecule has 0 bridgehead atoms. The molecule has 0 spiro atoms. The number of carbonyl (C=O) groups excluding carboxylic acids is 2. The maximum absolute atomic E-state index is 11.0. The number of carbonyl (C=O) groups is 2. The lowest BCUT2D eigenvalue weighted by Gasteiger charge is -2.04. The van der Waals surface area contributed by atoms with Crippen molar-refractivity contribution in [3.05, 3.63) is 29.3 Å². The predicted octanol–water partition coefficient (Wildman–Crippen LogP) is 1.22. The number of phenols is 1. The second-order valence-electron chi connectivity index (χ2n) is 2.64. The molecule has 1 aromatic carbocycles. The van der Waals surface area contributed by atoms with Crippen molar-refractivity contribution >= 4 is 11.8 Å². The summed E-state index contributed by atoms with van der Waals surface area (Å²) in [5.74, 6) is -1.97. The predicted molar refractivity (Wildman–Crippen MR) is 46.2 cm³/mol. The monoisotopic (exact) mass is 196 g/mol. The molecule has 0 unspecified atom stereocenters. The molecule has 0 aromatic heterocycles. The van der Waals surface area contributed by atoms with Gasteiger partial charge in [0.2, 0.25) is 0 Å². The highest BCUT2D eigenvalue weighted by molar-refractivity contribution is 6.01. The van der Waals surface area contributed by atoms with E-state index in [0.717, 1.165) is 0 Å². The van der Waals surface area contributed by atoms with Gasteiger partial charge in [-0.25, -0.2) is 4.79 Å². The lowest BCUT2D eigenvalue weighted by molar-refractivity contribution is -0.182. The van der Waals surface area contributed by atoms with Gasteiger partial charge in [-0.05, 0) is 19.1 Å². The highest BCUT2D eigenvalue weighted by atomic mass is 17.1. The number of para-hydroxylation sites is 1. The lowest BCUT2D eigenvalue weighted by atomic mass is 10.1. The van der Waals surface area contributed by atoms with Crippen LogP contribution in [0.2, 0.25) is 0 Å². The molecule has 0 saturated carbocycles. The summed E-state index contributed by atoms with van der Waals surface area (Å²) in [5, 5.41) is 17.5. The van der Waals surface area contributed by atoms with Crippen molar-refractivity contribution < 1.29 is 24.8 Å². The van der Waals surface area contributed by atoms with Crippen molar-refractivity contribution in [2.75, 3.05) is 0 Å². The number of hydrogen-bond donors (Lipinski definition) is 2. The Kier molecular flexibility index (Phi) is 2.83. The van der Waals surface area contributed by atoms with Crippen molar-refractivity contribution in [1.29, 1.82) is 0 Å². The zero-order valence-electron chi connectivity index (χ0n) is 7.35. The van der Waals surface area contributed by atoms with E-state index >= 15 is 0 Å². The lowest BCUT2D eigenvalue weighted by Crippen LogP contribution is -2.04. The zero-order valence-corrected chi connectivity index (χ0v) is 7.35. The van der Waals surface area contributed by atoms with Crippen molar-refractivity contribution in [3.8, 4) is 5.75 Å². The van der Waals surface area contributed by atoms with Crippen molar-refractivity contribution in [2.24, 2.45) is 0 Å². The second kappa shape index (κ2) is 3.89. The molecule has 0 aliphatic heterocycles. The van der Waals surface area contributed by atoms with Crippen LogP contribution in [0, 0.1) is 0 Å². The van der Waals surface area contributed by atoms with E-state index in [1.54, 1.807) is 0 Å². The van der Waals surface area contributed by atoms with Gasteiger partial charge in [0.25, 0.3) is 0 Å². The molecule has 0 aliphatic rings. The molecule has 0 aliphatic carbocycles. The van der Waals surface area contributed by atoms with Gasteiger partial charge in [-0.2, -0.15) is 5.26 Å². The first kappa shape index (κ1) is 10.2. The smallest absolute Gasteiger partial charge is 0.376 e. The summed E-state index contributed by atoms with van der Waals surface area (Å²) in [5.41, 5.74) is -0.242. The quantitative estimate of drug-likeness (QED) is 0.422. The number of rotatable bonds is 2. The second-order valence-corrected chi connectivity index (χ2v) is 2.64. The fourth-order valence-electron chi connectivity index (χ4n) is 1.04. The summed E-state index contributed by atoms with van der Waals surface area (Å²) in [6.45, 7) is 1.25. The fraction of sp³-hybridized carbons (Fsp3) is 0.111. The molecular formula is C9H8O5. The highest BCUT2D eigenvalue weighted by Gasteiger charge is 2.17. The molecule has 0 fully saturated rings. The van der Waals surface area contributed by atoms with Gasteiger partial charge in [0.15, 0.2) is 5.78 Å². The first-order valence-electron chi connectivity index (χ1n) is 3.76. The van der Waals surface area contributed by atoms with Crippen LogP contribution in [0.5, 0.6) is 5.75 Å². The highest BCUT2D eigenvalue weighted by Crippen LogP contribution is 2.23. The molecule has 5 nitrogen and oxygen atoms in total. The summed E-state index contributed by atoms with van der Waals surface area (Å²) in [6, 6.07) is 4.01. The molecule has 74 valence electrons. The molecule has 0 atom stereocenters. The van der Waals surface area contributed by atoms with Crippen molar-refractivity contribution in [1.82, 2.24) is 0 Å². The van der Waals surface area contributed by atoms with Crippen LogP contribution in [0.3, 0.4) is 0 Å². The van der Waals surface area contributed by atoms with E-state index in [2.05, 4.69) is 4.89 Å². The molecule has 0 amide bonds. The molecule has 0 radical (unpaired) electrons. The Hall–Kier alpha value is -1.88. The number of hydrogen-bond acceptors (Lipinski definition) is 5. The standard InChI is InChI=1S/C9H8O5/c1-5(10)6-3-2-4-7(8(6)11)9(12)14-13/h2-4,11,13H,1H3. The average Bonchev–Trinajstić information content (AvgIpc) is 2.16. The Morgan fingerprint density at radius 3 is 2.36 bits per heavy atom. The summed E-state index contributed by atoms with van der Waals surface area (Å²) < 4.78 is 0. The van der Waals surface area contributed by atoms with E-state index in [-0.39, 0.29) is 16.9 Å². The zero-order chi connectivity index (χ0) is 10.7. The first-order chi connectivity index (χ1) is 6.57. The van der Waals surface area contributed by atoms with Crippen LogP contribution < -0.4 is 0 Å². The largest absolute Gasteiger partial charge is 0.506 e. The average molecular weight is 196 g/mol. The van der Waals surface area contributed by atoms with Crippen LogP contribution in [0.25, 0.3) is 0 Å². The van der Waals surface area contributed by atoms with Gasteiger partial charge >= 0.3 is 5.97 Å². The van der Waals surface area contributed by atoms with Gasteiger partial charge in [0.1, 0.15) is 11.3 Å². The maximum atomic E-state index is 11.0. The molecule has 1 aromatic rings. The normalized spacial score (nSPS) is 9.57. The summed E-state index contributed by atoms with van der Waals surface area (Å²) in [4.78, 5) is 25.3. The summed E-state index contributed by atoms with van der Waals surface area (Å²) in [7, 11) is 0. The van der Waals surface area contributed by atoms with E-state index in [9.17, 15) is 14.7 Å². The van der Waals surface area contributed by atoms with Crippen LogP contribution in [0.15, 0.2) is 18.2 Å². The minimum absolute atomic E-state index is 0.00731. The Balaban J connectivity index is 3.27. The number of aromatic hydroxyl groups is 1. The number of phenolic OH excluding ortho intramolecular Hbond substituents is 1. The molecule has 14 heavy (non-hydrogen) atoms. The van der Waals surface area contributed by atoms with E-state index in [1.807, 2.05) is 0 Å². The Bertz CT molecular complexity index is 383. The van der Waals surface area contributed by atoms with E-state index in [4.69, 9.17) is 5.26 Å². The minimum Gasteiger partial charge on any atom is -0.506 e. The number of benzene rings is 1. The maximum Gasteiger partial charge on any atom is 0.376 e. The van der Waals surface area contributed by atoms with Crippen LogP contribution >= 0.6 is 0 Å². The Morgan fingerprint density at radius 2 is 1.86 bits per heavy atom. The van der Waals surface area contributed by atoms with Crippen molar-refractivity contribution in [3.63, 3.8) is 0 Å². The Morgan fingerprint density at radius 1 is 1.29 bits per heavy atom. The van der Waals surface area contributed by atoms with Gasteiger partial charge in [0, 0.05) is 0 Å². The van der Waals surface area contributed by atoms with Gasteiger partial charge in [-0.3, -0.25) is 9.68 Å². The van der Waals surface area contributed by atoms with Gasteiger partial charge < -0.3 is 5.11 Å². The van der Waals surface area contributed by atoms with Crippen molar-refractivity contribution in [2.45, 2.75) is 6.92 Å². The molecular weight excluding hydrogens is 188 g/mol. The molecule has 5 heteroatoms. The third-order valence-electron chi connectivity index (χ3n) is 1.72. The third kappa shape index (κ3) is 1.72. The summed E-state index contributed by atoms with van der Waals surface area (Å²) >= 11 is 0. The third-order valence-corrected chi connectivity index (χ3v) is 1.72. The van der Waals surface area contributed by atoms with Crippen LogP contribution in [-0.4, -0.2) is 22.1 Å². The fourth-order valence-corrected chi connectivity index (χ4v) is 1.04. The molecule has 2 N–H and O–H groups in total. The number of ketones is 1. The van der Waals surface area contributed by atoms with Crippen LogP contribution in [0.1, 0.15) is 27.6 Å². The van der Waals surface area contributed by atoms with Gasteiger partial charge in [-0.1, -0.05) is 6.07 Å². The summed E-state index contributed by atoms with van der Waals surface area (Å²) in [6.07, 6.45) is 0. The first-order valence-corrected chi connectivity index (χ1v) is 3.76. The number of Topliss-reactive ketones (excluding diaryl/α,β-unsaturated/α-hetero) is 1. The van der Waals surface area contributed by atoms with E-state index < -0.39 is 11.7 Å². The molecule has 0 saturated heterocycles. The van der Waals surface area contributed by atoms with Crippen LogP contribution in [0.4, 0.5) is 0 Å². The topological polar surface area (TPSA) is 83.8 Å². The molecule has 0 heterocycles. The SMILES string of the molecule is CC(=O)c1cccc(C(=O)OO)c1O. The molecule has 1 rings (SSSR count). The van der Waals surface area contributed by atoms with Gasteiger partial charge in [0.05, 0.1) is 5.56 Å². The van der Waals surface area contributed by atoms with Gasteiger partial charge in [-0.15, -0.1) is 0 Å². The van der Waals surface area contributed by atoms with Crippen LogP contribution in [-0.2, 0) is 4.89 Å². The Labute approximate surface area is 79.5 Å². The van der Waals surface area contributed by atoms with E-state index in [0.29, 0.717) is 0 Å². The van der Waals surface area contributed by atoms with E-state index in [1.165, 1.54) is 25.1 Å².